The molecule has 0 atom stereocenters. The van der Waals surface area contributed by atoms with Gasteiger partial charge in [0.2, 0.25) is 0 Å². The molecule has 2 rings (SSSR count). The Bertz CT molecular complexity index is 335. The predicted octanol–water partition coefficient (Wildman–Crippen LogP) is 2.14. The first-order valence-electron chi connectivity index (χ1n) is 6.42. The van der Waals surface area contributed by atoms with Crippen molar-refractivity contribution in [1.82, 2.24) is 0 Å². The van der Waals surface area contributed by atoms with Gasteiger partial charge >= 0.3 is 0 Å². The molecule has 0 radical (unpaired) electrons. The van der Waals surface area contributed by atoms with Crippen LogP contribution in [-0.4, -0.2) is 25.9 Å². The fourth-order valence-electron chi connectivity index (χ4n) is 2.09. The van der Waals surface area contributed by atoms with E-state index in [0.717, 1.165) is 51.2 Å². The lowest BCUT2D eigenvalue weighted by Crippen LogP contribution is -2.26. The van der Waals surface area contributed by atoms with Gasteiger partial charge in [-0.1, -0.05) is 18.2 Å². The highest BCUT2D eigenvalue weighted by Crippen LogP contribution is 2.23. The van der Waals surface area contributed by atoms with Crippen LogP contribution in [0.3, 0.4) is 0 Å². The molecule has 0 spiro atoms. The van der Waals surface area contributed by atoms with Crippen molar-refractivity contribution in [3.8, 4) is 5.75 Å². The third-order valence-electron chi connectivity index (χ3n) is 3.08. The van der Waals surface area contributed by atoms with Crippen molar-refractivity contribution >= 4 is 0 Å². The van der Waals surface area contributed by atoms with Gasteiger partial charge in [-0.2, -0.15) is 0 Å². The van der Waals surface area contributed by atoms with Gasteiger partial charge < -0.3 is 15.2 Å². The van der Waals surface area contributed by atoms with E-state index in [1.807, 2.05) is 6.07 Å². The lowest BCUT2D eigenvalue weighted by molar-refractivity contribution is 0.0252. The molecule has 1 heterocycles. The van der Waals surface area contributed by atoms with Crippen LogP contribution in [0.15, 0.2) is 24.3 Å². The van der Waals surface area contributed by atoms with Crippen LogP contribution in [-0.2, 0) is 11.2 Å². The maximum atomic E-state index is 6.06. The van der Waals surface area contributed by atoms with Crippen LogP contribution in [0.1, 0.15) is 24.8 Å². The van der Waals surface area contributed by atoms with Crippen LogP contribution in [0.4, 0.5) is 0 Å². The molecular formula is C14H21NO2. The Morgan fingerprint density at radius 3 is 2.76 bits per heavy atom. The average molecular weight is 235 g/mol. The molecule has 1 aromatic rings. The van der Waals surface area contributed by atoms with Gasteiger partial charge in [0.15, 0.2) is 0 Å². The Balaban J connectivity index is 1.98. The minimum atomic E-state index is 0.308. The van der Waals surface area contributed by atoms with Crippen LogP contribution in [0.5, 0.6) is 5.75 Å². The summed E-state index contributed by atoms with van der Waals surface area (Å²) in [4.78, 5) is 0. The van der Waals surface area contributed by atoms with E-state index in [1.54, 1.807) is 0 Å². The van der Waals surface area contributed by atoms with Gasteiger partial charge in [0.25, 0.3) is 0 Å². The third kappa shape index (κ3) is 3.72. The van der Waals surface area contributed by atoms with Crippen molar-refractivity contribution < 1.29 is 9.47 Å². The fraction of sp³-hybridized carbons (Fsp3) is 0.571. The largest absolute Gasteiger partial charge is 0.490 e. The smallest absolute Gasteiger partial charge is 0.122 e. The van der Waals surface area contributed by atoms with Crippen LogP contribution >= 0.6 is 0 Å². The second-order valence-corrected chi connectivity index (χ2v) is 4.43. The number of nitrogens with two attached hydrogens (primary N) is 1. The van der Waals surface area contributed by atoms with Crippen LogP contribution in [0.2, 0.25) is 0 Å². The highest BCUT2D eigenvalue weighted by molar-refractivity contribution is 5.33. The van der Waals surface area contributed by atoms with Gasteiger partial charge in [0, 0.05) is 12.8 Å². The zero-order chi connectivity index (χ0) is 11.9. The van der Waals surface area contributed by atoms with E-state index >= 15 is 0 Å². The normalized spacial score (nSPS) is 17.0. The summed E-state index contributed by atoms with van der Waals surface area (Å²) in [5.41, 5.74) is 6.82. The van der Waals surface area contributed by atoms with Gasteiger partial charge in [-0.3, -0.25) is 0 Å². The zero-order valence-electron chi connectivity index (χ0n) is 10.2. The van der Waals surface area contributed by atoms with Gasteiger partial charge in [-0.15, -0.1) is 0 Å². The highest BCUT2D eigenvalue weighted by atomic mass is 16.5. The molecule has 0 bridgehead atoms. The van der Waals surface area contributed by atoms with Crippen molar-refractivity contribution in [2.24, 2.45) is 5.73 Å². The number of hydrogen-bond donors (Lipinski definition) is 1. The molecule has 94 valence electrons. The monoisotopic (exact) mass is 235 g/mol. The second kappa shape index (κ2) is 6.62. The van der Waals surface area contributed by atoms with Crippen LogP contribution in [0, 0.1) is 0 Å². The summed E-state index contributed by atoms with van der Waals surface area (Å²) in [6.45, 7) is 2.36. The maximum absolute atomic E-state index is 6.06. The summed E-state index contributed by atoms with van der Waals surface area (Å²) in [6, 6.07) is 8.27. The minimum Gasteiger partial charge on any atom is -0.490 e. The summed E-state index contributed by atoms with van der Waals surface area (Å²) in [7, 11) is 0. The van der Waals surface area contributed by atoms with Crippen molar-refractivity contribution in [3.05, 3.63) is 29.8 Å². The second-order valence-electron chi connectivity index (χ2n) is 4.43. The molecule has 1 saturated heterocycles. The maximum Gasteiger partial charge on any atom is 0.122 e. The molecule has 3 nitrogen and oxygen atoms in total. The molecule has 1 aromatic carbocycles. The Kier molecular flexibility index (Phi) is 4.83. The van der Waals surface area contributed by atoms with Crippen molar-refractivity contribution in [2.45, 2.75) is 31.8 Å². The number of ether oxygens (including phenoxy) is 2. The number of hydrogen-bond acceptors (Lipinski definition) is 3. The quantitative estimate of drug-likeness (QED) is 0.850. The molecule has 2 N–H and O–H groups in total. The van der Waals surface area contributed by atoms with Crippen molar-refractivity contribution in [1.29, 1.82) is 0 Å². The van der Waals surface area contributed by atoms with Gasteiger partial charge in [-0.05, 0) is 31.0 Å². The number of benzene rings is 1. The molecule has 0 aromatic heterocycles. The molecule has 0 amide bonds. The zero-order valence-corrected chi connectivity index (χ0v) is 10.2. The lowest BCUT2D eigenvalue weighted by Gasteiger charge is -2.24. The van der Waals surface area contributed by atoms with Gasteiger partial charge in [0.05, 0.1) is 13.2 Å². The molecule has 0 unspecified atom stereocenters. The number of para-hydroxylation sites is 1. The summed E-state index contributed by atoms with van der Waals surface area (Å²) >= 11 is 0. The Morgan fingerprint density at radius 2 is 2.00 bits per heavy atom. The van der Waals surface area contributed by atoms with Crippen LogP contribution < -0.4 is 10.5 Å². The molecule has 1 aliphatic heterocycles. The predicted molar refractivity (Wildman–Crippen MR) is 68.3 cm³/mol. The summed E-state index contributed by atoms with van der Waals surface area (Å²) < 4.78 is 11.4. The molecule has 0 saturated carbocycles. The van der Waals surface area contributed by atoms with E-state index in [2.05, 4.69) is 18.2 Å². The summed E-state index contributed by atoms with van der Waals surface area (Å²) in [5.74, 6) is 1.02. The topological polar surface area (TPSA) is 44.5 Å². The SMILES string of the molecule is NCCCc1ccccc1OC1CCOCC1. The van der Waals surface area contributed by atoms with Crippen molar-refractivity contribution in [3.63, 3.8) is 0 Å². The summed E-state index contributed by atoms with van der Waals surface area (Å²) in [6.07, 6.45) is 4.29. The van der Waals surface area contributed by atoms with E-state index in [0.29, 0.717) is 6.10 Å². The number of aryl methyl sites for hydroxylation is 1. The van der Waals surface area contributed by atoms with E-state index in [4.69, 9.17) is 15.2 Å². The minimum absolute atomic E-state index is 0.308. The van der Waals surface area contributed by atoms with E-state index in [-0.39, 0.29) is 0 Å². The molecule has 1 fully saturated rings. The van der Waals surface area contributed by atoms with E-state index in [9.17, 15) is 0 Å². The third-order valence-corrected chi connectivity index (χ3v) is 3.08. The first-order valence-corrected chi connectivity index (χ1v) is 6.42. The first kappa shape index (κ1) is 12.4. The fourth-order valence-corrected chi connectivity index (χ4v) is 2.09. The molecule has 1 aliphatic rings. The molecular weight excluding hydrogens is 214 g/mol. The molecule has 3 heteroatoms. The lowest BCUT2D eigenvalue weighted by atomic mass is 10.1. The Hall–Kier alpha value is -1.06. The van der Waals surface area contributed by atoms with E-state index in [1.165, 1.54) is 5.56 Å². The molecule has 17 heavy (non-hydrogen) atoms. The van der Waals surface area contributed by atoms with Crippen LogP contribution in [0.25, 0.3) is 0 Å². The average Bonchev–Trinajstić information content (AvgIpc) is 2.39. The molecule has 0 aliphatic carbocycles. The van der Waals surface area contributed by atoms with Gasteiger partial charge in [-0.25, -0.2) is 0 Å². The Morgan fingerprint density at radius 1 is 1.24 bits per heavy atom. The summed E-state index contributed by atoms with van der Waals surface area (Å²) in [5, 5.41) is 0. The first-order chi connectivity index (χ1) is 8.40. The number of rotatable bonds is 5. The van der Waals surface area contributed by atoms with Gasteiger partial charge in [0.1, 0.15) is 11.9 Å². The standard InChI is InChI=1S/C14H21NO2/c15-9-3-5-12-4-1-2-6-14(12)17-13-7-10-16-11-8-13/h1-2,4,6,13H,3,5,7-11,15H2. The van der Waals surface area contributed by atoms with Crippen molar-refractivity contribution in [2.75, 3.05) is 19.8 Å². The Labute approximate surface area is 103 Å². The van der Waals surface area contributed by atoms with E-state index < -0.39 is 0 Å². The highest BCUT2D eigenvalue weighted by Gasteiger charge is 2.16.